The summed E-state index contributed by atoms with van der Waals surface area (Å²) in [6.07, 6.45) is 0.152. The van der Waals surface area contributed by atoms with Crippen LogP contribution in [0.2, 0.25) is 0 Å². The van der Waals surface area contributed by atoms with Gasteiger partial charge in [-0.3, -0.25) is 0 Å². The van der Waals surface area contributed by atoms with E-state index in [1.54, 1.807) is 0 Å². The Labute approximate surface area is 152 Å². The average molecular weight is 384 g/mol. The molecule has 3 aromatic rings. The van der Waals surface area contributed by atoms with Crippen LogP contribution < -0.4 is 10.1 Å². The first-order valence-corrected chi connectivity index (χ1v) is 9.01. The lowest BCUT2D eigenvalue weighted by atomic mass is 10.0. The predicted molar refractivity (Wildman–Crippen MR) is 106 cm³/mol. The molecule has 0 aliphatic heterocycles. The van der Waals surface area contributed by atoms with Crippen molar-refractivity contribution in [3.63, 3.8) is 0 Å². The van der Waals surface area contributed by atoms with Crippen LogP contribution in [0.3, 0.4) is 0 Å². The van der Waals surface area contributed by atoms with Gasteiger partial charge in [0.15, 0.2) is 0 Å². The number of halogens is 1. The summed E-state index contributed by atoms with van der Waals surface area (Å²) in [6.45, 7) is 6.96. The zero-order valence-corrected chi connectivity index (χ0v) is 15.9. The summed E-state index contributed by atoms with van der Waals surface area (Å²) in [4.78, 5) is 0. The van der Waals surface area contributed by atoms with Gasteiger partial charge in [-0.1, -0.05) is 46.3 Å². The van der Waals surface area contributed by atoms with E-state index >= 15 is 0 Å². The predicted octanol–water partition coefficient (Wildman–Crippen LogP) is 6.31. The van der Waals surface area contributed by atoms with E-state index in [1.165, 1.54) is 21.9 Å². The molecule has 0 radical (unpaired) electrons. The van der Waals surface area contributed by atoms with E-state index in [2.05, 4.69) is 96.6 Å². The molecule has 0 aliphatic rings. The maximum absolute atomic E-state index is 6.04. The Balaban J connectivity index is 1.96. The minimum atomic E-state index is 0.152. The number of fused-ring (bicyclic) bond motifs is 1. The first kappa shape index (κ1) is 16.8. The van der Waals surface area contributed by atoms with Gasteiger partial charge in [-0.05, 0) is 61.4 Å². The molecule has 0 aliphatic carbocycles. The van der Waals surface area contributed by atoms with E-state index in [9.17, 15) is 0 Å². The molecular formula is C21H22BrNO. The van der Waals surface area contributed by atoms with Crippen molar-refractivity contribution in [1.29, 1.82) is 0 Å². The molecule has 0 spiro atoms. The molecule has 3 rings (SSSR count). The summed E-state index contributed by atoms with van der Waals surface area (Å²) in [5.74, 6) is 0.950. The Morgan fingerprint density at radius 3 is 2.58 bits per heavy atom. The van der Waals surface area contributed by atoms with E-state index in [0.717, 1.165) is 22.5 Å². The molecule has 0 atom stereocenters. The Bertz CT molecular complexity index is 858. The topological polar surface area (TPSA) is 21.3 Å². The molecule has 1 N–H and O–H groups in total. The van der Waals surface area contributed by atoms with Crippen molar-refractivity contribution in [2.24, 2.45) is 0 Å². The molecule has 24 heavy (non-hydrogen) atoms. The molecule has 0 saturated carbocycles. The van der Waals surface area contributed by atoms with Crippen LogP contribution in [0.5, 0.6) is 5.75 Å². The van der Waals surface area contributed by atoms with Crippen molar-refractivity contribution in [2.75, 3.05) is 5.32 Å². The lowest BCUT2D eigenvalue weighted by Gasteiger charge is -2.18. The van der Waals surface area contributed by atoms with Gasteiger partial charge in [0, 0.05) is 22.3 Å². The summed E-state index contributed by atoms with van der Waals surface area (Å²) < 4.78 is 7.14. The fraction of sp³-hybridized carbons (Fsp3) is 0.238. The van der Waals surface area contributed by atoms with E-state index < -0.39 is 0 Å². The Morgan fingerprint density at radius 2 is 1.83 bits per heavy atom. The summed E-state index contributed by atoms with van der Waals surface area (Å²) in [5.41, 5.74) is 3.56. The molecule has 2 nitrogen and oxygen atoms in total. The second-order valence-electron chi connectivity index (χ2n) is 6.24. The van der Waals surface area contributed by atoms with Crippen molar-refractivity contribution in [1.82, 2.24) is 0 Å². The molecule has 0 unspecified atom stereocenters. The molecule has 0 bridgehead atoms. The first-order valence-electron chi connectivity index (χ1n) is 8.22. The number of anilines is 1. The van der Waals surface area contributed by atoms with Gasteiger partial charge in [0.2, 0.25) is 0 Å². The van der Waals surface area contributed by atoms with Crippen molar-refractivity contribution in [2.45, 2.75) is 33.4 Å². The fourth-order valence-corrected chi connectivity index (χ4v) is 3.35. The van der Waals surface area contributed by atoms with E-state index in [1.807, 2.05) is 0 Å². The third-order valence-electron chi connectivity index (χ3n) is 4.00. The van der Waals surface area contributed by atoms with Gasteiger partial charge < -0.3 is 10.1 Å². The monoisotopic (exact) mass is 383 g/mol. The van der Waals surface area contributed by atoms with E-state index in [-0.39, 0.29) is 6.10 Å². The van der Waals surface area contributed by atoms with Crippen LogP contribution in [0.15, 0.2) is 59.1 Å². The Kier molecular flexibility index (Phi) is 5.10. The van der Waals surface area contributed by atoms with Gasteiger partial charge in [-0.25, -0.2) is 0 Å². The quantitative estimate of drug-likeness (QED) is 0.557. The number of hydrogen-bond donors (Lipinski definition) is 1. The van der Waals surface area contributed by atoms with Gasteiger partial charge in [0.25, 0.3) is 0 Å². The van der Waals surface area contributed by atoms with Gasteiger partial charge in [0.1, 0.15) is 5.75 Å². The van der Waals surface area contributed by atoms with Gasteiger partial charge in [0.05, 0.1) is 6.10 Å². The van der Waals surface area contributed by atoms with Crippen molar-refractivity contribution in [3.05, 3.63) is 70.2 Å². The highest BCUT2D eigenvalue weighted by Crippen LogP contribution is 2.30. The van der Waals surface area contributed by atoms with Gasteiger partial charge >= 0.3 is 0 Å². The SMILES string of the molecule is Cc1cc(Br)ccc1NCc1c(OC(C)C)ccc2ccccc12. The first-order chi connectivity index (χ1) is 11.5. The summed E-state index contributed by atoms with van der Waals surface area (Å²) in [5, 5.41) is 6.03. The van der Waals surface area contributed by atoms with Crippen LogP contribution in [0.4, 0.5) is 5.69 Å². The number of rotatable bonds is 5. The smallest absolute Gasteiger partial charge is 0.125 e. The molecule has 0 saturated heterocycles. The van der Waals surface area contributed by atoms with Crippen molar-refractivity contribution < 1.29 is 4.74 Å². The lowest BCUT2D eigenvalue weighted by molar-refractivity contribution is 0.240. The van der Waals surface area contributed by atoms with Gasteiger partial charge in [-0.15, -0.1) is 0 Å². The molecular weight excluding hydrogens is 362 g/mol. The molecule has 0 amide bonds. The number of nitrogens with one attached hydrogen (secondary N) is 1. The van der Waals surface area contributed by atoms with Crippen molar-refractivity contribution in [3.8, 4) is 5.75 Å². The normalized spacial score (nSPS) is 11.0. The third kappa shape index (κ3) is 3.73. The Hall–Kier alpha value is -2.00. The summed E-state index contributed by atoms with van der Waals surface area (Å²) in [7, 11) is 0. The largest absolute Gasteiger partial charge is 0.491 e. The minimum absolute atomic E-state index is 0.152. The Morgan fingerprint density at radius 1 is 1.04 bits per heavy atom. The number of benzene rings is 3. The van der Waals surface area contributed by atoms with Gasteiger partial charge in [-0.2, -0.15) is 0 Å². The van der Waals surface area contributed by atoms with Crippen LogP contribution in [-0.2, 0) is 6.54 Å². The molecule has 0 fully saturated rings. The van der Waals surface area contributed by atoms with E-state index in [4.69, 9.17) is 4.74 Å². The highest BCUT2D eigenvalue weighted by atomic mass is 79.9. The number of hydrogen-bond acceptors (Lipinski definition) is 2. The minimum Gasteiger partial charge on any atom is -0.491 e. The maximum atomic E-state index is 6.04. The molecule has 124 valence electrons. The number of aryl methyl sites for hydroxylation is 1. The zero-order chi connectivity index (χ0) is 17.1. The van der Waals surface area contributed by atoms with Crippen LogP contribution in [0.25, 0.3) is 10.8 Å². The third-order valence-corrected chi connectivity index (χ3v) is 4.50. The maximum Gasteiger partial charge on any atom is 0.125 e. The molecule has 0 aromatic heterocycles. The average Bonchev–Trinajstić information content (AvgIpc) is 2.54. The highest BCUT2D eigenvalue weighted by Gasteiger charge is 2.11. The van der Waals surface area contributed by atoms with Crippen LogP contribution >= 0.6 is 15.9 Å². The fourth-order valence-electron chi connectivity index (χ4n) is 2.87. The van der Waals surface area contributed by atoms with Crippen LogP contribution in [-0.4, -0.2) is 6.10 Å². The summed E-state index contributed by atoms with van der Waals surface area (Å²) in [6, 6.07) is 18.9. The molecule has 3 heteroatoms. The standard InChI is InChI=1S/C21H22BrNO/c1-14(2)24-21-11-8-16-6-4-5-7-18(16)19(21)13-23-20-10-9-17(22)12-15(20)3/h4-12,14,23H,13H2,1-3H3. The van der Waals surface area contributed by atoms with E-state index in [0.29, 0.717) is 0 Å². The van der Waals surface area contributed by atoms with Crippen molar-refractivity contribution >= 4 is 32.4 Å². The van der Waals surface area contributed by atoms with Crippen LogP contribution in [0, 0.1) is 6.92 Å². The van der Waals surface area contributed by atoms with Crippen LogP contribution in [0.1, 0.15) is 25.0 Å². The molecule has 3 aromatic carbocycles. The number of ether oxygens (including phenoxy) is 1. The summed E-state index contributed by atoms with van der Waals surface area (Å²) >= 11 is 3.52. The molecule has 0 heterocycles. The lowest BCUT2D eigenvalue weighted by Crippen LogP contribution is -2.10. The second kappa shape index (κ2) is 7.27. The second-order valence-corrected chi connectivity index (χ2v) is 7.16. The highest BCUT2D eigenvalue weighted by molar-refractivity contribution is 9.10. The zero-order valence-electron chi connectivity index (χ0n) is 14.3.